The average molecular weight is 377 g/mol. The second-order valence-corrected chi connectivity index (χ2v) is 6.08. The fraction of sp³-hybridized carbons (Fsp3) is 0.143. The molecule has 0 fully saturated rings. The Bertz CT molecular complexity index is 1040. The number of aromatic nitrogens is 1. The largest absolute Gasteiger partial charge is 0.465 e. The van der Waals surface area contributed by atoms with E-state index in [0.29, 0.717) is 22.5 Å². The zero-order valence-corrected chi connectivity index (χ0v) is 15.5. The van der Waals surface area contributed by atoms with Crippen LogP contribution in [0.3, 0.4) is 0 Å². The highest BCUT2D eigenvalue weighted by Crippen LogP contribution is 2.21. The highest BCUT2D eigenvalue weighted by Gasteiger charge is 2.18. The van der Waals surface area contributed by atoms with Crippen molar-refractivity contribution in [2.75, 3.05) is 23.9 Å². The van der Waals surface area contributed by atoms with Crippen LogP contribution in [0, 0.1) is 0 Å². The van der Waals surface area contributed by atoms with Crippen LogP contribution in [-0.2, 0) is 14.3 Å². The van der Waals surface area contributed by atoms with Crippen molar-refractivity contribution in [3.05, 3.63) is 66.4 Å². The van der Waals surface area contributed by atoms with Crippen molar-refractivity contribution in [1.82, 2.24) is 4.98 Å². The van der Waals surface area contributed by atoms with E-state index in [0.717, 1.165) is 5.39 Å². The molecule has 0 saturated carbocycles. The van der Waals surface area contributed by atoms with Gasteiger partial charge >= 0.3 is 5.97 Å². The van der Waals surface area contributed by atoms with Crippen molar-refractivity contribution in [1.29, 1.82) is 0 Å². The fourth-order valence-electron chi connectivity index (χ4n) is 2.84. The van der Waals surface area contributed by atoms with Crippen LogP contribution in [-0.4, -0.2) is 36.4 Å². The minimum atomic E-state index is -0.517. The number of ether oxygens (including phenoxy) is 1. The van der Waals surface area contributed by atoms with E-state index in [4.69, 9.17) is 4.74 Å². The zero-order chi connectivity index (χ0) is 20.1. The van der Waals surface area contributed by atoms with Crippen LogP contribution in [0.15, 0.2) is 60.8 Å². The number of benzene rings is 2. The highest BCUT2D eigenvalue weighted by atomic mass is 16.5. The SMILES string of the molecule is COC(=O)c1cccc(N(CC(=O)Nc2cccc3cccnc23)C(C)=O)c1. The van der Waals surface area contributed by atoms with Crippen molar-refractivity contribution in [3.8, 4) is 0 Å². The zero-order valence-electron chi connectivity index (χ0n) is 15.5. The first-order valence-corrected chi connectivity index (χ1v) is 8.59. The van der Waals surface area contributed by atoms with E-state index in [1.165, 1.54) is 25.0 Å². The van der Waals surface area contributed by atoms with Crippen LogP contribution in [0.1, 0.15) is 17.3 Å². The molecule has 0 aliphatic carbocycles. The Morgan fingerprint density at radius 3 is 2.57 bits per heavy atom. The number of hydrogen-bond donors (Lipinski definition) is 1. The van der Waals surface area contributed by atoms with Crippen molar-refractivity contribution >= 4 is 40.1 Å². The van der Waals surface area contributed by atoms with Crippen molar-refractivity contribution in [2.45, 2.75) is 6.92 Å². The van der Waals surface area contributed by atoms with Crippen molar-refractivity contribution < 1.29 is 19.1 Å². The van der Waals surface area contributed by atoms with Gasteiger partial charge in [0.15, 0.2) is 0 Å². The maximum absolute atomic E-state index is 12.6. The number of carbonyl (C=O) groups excluding carboxylic acids is 3. The number of pyridine rings is 1. The summed E-state index contributed by atoms with van der Waals surface area (Å²) in [5.74, 6) is -1.22. The monoisotopic (exact) mass is 377 g/mol. The minimum Gasteiger partial charge on any atom is -0.465 e. The topological polar surface area (TPSA) is 88.6 Å². The molecule has 142 valence electrons. The van der Waals surface area contributed by atoms with Crippen LogP contribution in [0.25, 0.3) is 10.9 Å². The third-order valence-corrected chi connectivity index (χ3v) is 4.17. The molecule has 0 aliphatic heterocycles. The predicted octanol–water partition coefficient (Wildman–Crippen LogP) is 3.01. The highest BCUT2D eigenvalue weighted by molar-refractivity contribution is 6.05. The molecule has 2 amide bonds. The number of hydrogen-bond acceptors (Lipinski definition) is 5. The predicted molar refractivity (Wildman–Crippen MR) is 106 cm³/mol. The summed E-state index contributed by atoms with van der Waals surface area (Å²) in [4.78, 5) is 42.0. The Labute approximate surface area is 161 Å². The third kappa shape index (κ3) is 4.15. The van der Waals surface area contributed by atoms with Gasteiger partial charge in [0, 0.05) is 24.2 Å². The number of carbonyl (C=O) groups is 3. The van der Waals surface area contributed by atoms with Crippen LogP contribution in [0.5, 0.6) is 0 Å². The Hall–Kier alpha value is -3.74. The molecule has 0 unspecified atom stereocenters. The van der Waals surface area contributed by atoms with E-state index in [9.17, 15) is 14.4 Å². The lowest BCUT2D eigenvalue weighted by atomic mass is 10.1. The van der Waals surface area contributed by atoms with Gasteiger partial charge in [-0.3, -0.25) is 14.6 Å². The summed E-state index contributed by atoms with van der Waals surface area (Å²) in [6.45, 7) is 1.15. The first kappa shape index (κ1) is 19.0. The Kier molecular flexibility index (Phi) is 5.64. The van der Waals surface area contributed by atoms with Crippen LogP contribution in [0.4, 0.5) is 11.4 Å². The summed E-state index contributed by atoms with van der Waals surface area (Å²) >= 11 is 0. The van der Waals surface area contributed by atoms with E-state index in [-0.39, 0.29) is 18.4 Å². The number of nitrogens with one attached hydrogen (secondary N) is 1. The molecule has 2 aromatic carbocycles. The third-order valence-electron chi connectivity index (χ3n) is 4.17. The van der Waals surface area contributed by atoms with Gasteiger partial charge in [0.05, 0.1) is 23.9 Å². The Balaban J connectivity index is 1.82. The minimum absolute atomic E-state index is 0.205. The molecule has 0 aliphatic rings. The Morgan fingerprint density at radius 2 is 1.82 bits per heavy atom. The van der Waals surface area contributed by atoms with Gasteiger partial charge in [-0.2, -0.15) is 0 Å². The molecule has 7 nitrogen and oxygen atoms in total. The molecule has 0 spiro atoms. The van der Waals surface area contributed by atoms with Gasteiger partial charge in [0.25, 0.3) is 0 Å². The first-order valence-electron chi connectivity index (χ1n) is 8.59. The van der Waals surface area contributed by atoms with E-state index >= 15 is 0 Å². The van der Waals surface area contributed by atoms with Gasteiger partial charge in [0.1, 0.15) is 6.54 Å². The van der Waals surface area contributed by atoms with E-state index in [1.807, 2.05) is 24.3 Å². The fourth-order valence-corrected chi connectivity index (χ4v) is 2.84. The molecule has 1 N–H and O–H groups in total. The van der Waals surface area contributed by atoms with Crippen LogP contribution >= 0.6 is 0 Å². The van der Waals surface area contributed by atoms with E-state index < -0.39 is 5.97 Å². The maximum Gasteiger partial charge on any atom is 0.337 e. The van der Waals surface area contributed by atoms with Crippen LogP contribution < -0.4 is 10.2 Å². The first-order chi connectivity index (χ1) is 13.5. The smallest absolute Gasteiger partial charge is 0.337 e. The van der Waals surface area contributed by atoms with Crippen molar-refractivity contribution in [3.63, 3.8) is 0 Å². The van der Waals surface area contributed by atoms with Gasteiger partial charge < -0.3 is 15.0 Å². The summed E-state index contributed by atoms with van der Waals surface area (Å²) in [5.41, 5.74) is 1.96. The van der Waals surface area contributed by atoms with Crippen LogP contribution in [0.2, 0.25) is 0 Å². The summed E-state index contributed by atoms with van der Waals surface area (Å²) in [6.07, 6.45) is 1.65. The normalized spacial score (nSPS) is 10.4. The number of methoxy groups -OCH3 is 1. The number of rotatable bonds is 5. The van der Waals surface area contributed by atoms with Crippen molar-refractivity contribution in [2.24, 2.45) is 0 Å². The average Bonchev–Trinajstić information content (AvgIpc) is 2.71. The molecule has 1 aromatic heterocycles. The molecule has 1 heterocycles. The molecule has 0 saturated heterocycles. The van der Waals surface area contributed by atoms with Gasteiger partial charge in [-0.15, -0.1) is 0 Å². The summed E-state index contributed by atoms with van der Waals surface area (Å²) in [7, 11) is 1.28. The lowest BCUT2D eigenvalue weighted by Crippen LogP contribution is -2.36. The quantitative estimate of drug-likeness (QED) is 0.691. The molecule has 0 bridgehead atoms. The Morgan fingerprint density at radius 1 is 1.07 bits per heavy atom. The molecular formula is C21H19N3O4. The van der Waals surface area contributed by atoms with E-state index in [2.05, 4.69) is 10.3 Å². The van der Waals surface area contributed by atoms with E-state index in [1.54, 1.807) is 30.5 Å². The lowest BCUT2D eigenvalue weighted by molar-refractivity contribution is -0.120. The molecule has 28 heavy (non-hydrogen) atoms. The second-order valence-electron chi connectivity index (χ2n) is 6.08. The van der Waals surface area contributed by atoms with Gasteiger partial charge in [-0.25, -0.2) is 4.79 Å². The number of nitrogens with zero attached hydrogens (tertiary/aromatic N) is 2. The number of fused-ring (bicyclic) bond motifs is 1. The number of para-hydroxylation sites is 1. The molecule has 7 heteroatoms. The lowest BCUT2D eigenvalue weighted by Gasteiger charge is -2.21. The molecule has 3 aromatic rings. The number of anilines is 2. The van der Waals surface area contributed by atoms with Gasteiger partial charge in [0.2, 0.25) is 11.8 Å². The summed E-state index contributed by atoms with van der Waals surface area (Å²) < 4.78 is 4.70. The molecular weight excluding hydrogens is 358 g/mol. The number of esters is 1. The molecule has 3 rings (SSSR count). The summed E-state index contributed by atoms with van der Waals surface area (Å²) in [6, 6.07) is 15.6. The van der Waals surface area contributed by atoms with Gasteiger partial charge in [-0.05, 0) is 30.3 Å². The van der Waals surface area contributed by atoms with Gasteiger partial charge in [-0.1, -0.05) is 24.3 Å². The summed E-state index contributed by atoms with van der Waals surface area (Å²) in [5, 5.41) is 3.70. The molecule has 0 radical (unpaired) electrons. The second kappa shape index (κ2) is 8.30. The standard InChI is InChI=1S/C21H19N3O4/c1-14(25)24(17-9-3-7-16(12-17)21(27)28-2)13-19(26)23-18-10-4-6-15-8-5-11-22-20(15)18/h3-12H,13H2,1-2H3,(H,23,26). The maximum atomic E-state index is 12.6. The molecule has 0 atom stereocenters. The number of amides is 2.